The molecule has 94 valence electrons. The second-order valence-corrected chi connectivity index (χ2v) is 5.19. The zero-order valence-electron chi connectivity index (χ0n) is 10.4. The minimum atomic E-state index is 0.332. The van der Waals surface area contributed by atoms with Gasteiger partial charge >= 0.3 is 0 Å². The molecule has 1 heterocycles. The van der Waals surface area contributed by atoms with Crippen LogP contribution in [-0.2, 0) is 0 Å². The molecule has 4 heteroatoms. The van der Waals surface area contributed by atoms with Gasteiger partial charge in [0, 0.05) is 17.8 Å². The highest BCUT2D eigenvalue weighted by Gasteiger charge is 2.12. The van der Waals surface area contributed by atoms with Gasteiger partial charge in [0.1, 0.15) is 5.82 Å². The number of nitrogens with one attached hydrogen (secondary N) is 1. The minimum Gasteiger partial charge on any atom is -0.367 e. The lowest BCUT2D eigenvalue weighted by molar-refractivity contribution is 0.470. The summed E-state index contributed by atoms with van der Waals surface area (Å²) in [6.45, 7) is 1.94. The van der Waals surface area contributed by atoms with E-state index in [4.69, 9.17) is 11.6 Å². The molecule has 3 nitrogen and oxygen atoms in total. The van der Waals surface area contributed by atoms with Crippen molar-refractivity contribution in [2.24, 2.45) is 0 Å². The number of nitrogens with zero attached hydrogens (tertiary/aromatic N) is 2. The lowest BCUT2D eigenvalue weighted by Crippen LogP contribution is -2.21. The van der Waals surface area contributed by atoms with Crippen LogP contribution >= 0.6 is 11.6 Å². The monoisotopic (exact) mass is 253 g/mol. The quantitative estimate of drug-likeness (QED) is 0.811. The molecule has 1 aliphatic carbocycles. The summed E-state index contributed by atoms with van der Waals surface area (Å²) in [5.74, 6) is 0.869. The number of halogens is 1. The molecule has 1 aromatic rings. The normalized spacial score (nSPS) is 18.5. The standard InChI is InChI=1S/C13H20ClN3/c1-10-9-12(17-13(14)15-10)16-11-7-5-3-2-4-6-8-11/h9,11H,2-8H2,1H3,(H,15,16,17). The van der Waals surface area contributed by atoms with E-state index in [0.29, 0.717) is 11.3 Å². The molecular formula is C13H20ClN3. The molecule has 0 saturated heterocycles. The average Bonchev–Trinajstić information content (AvgIpc) is 2.20. The van der Waals surface area contributed by atoms with Gasteiger partial charge in [-0.2, -0.15) is 0 Å². The average molecular weight is 254 g/mol. The third-order valence-electron chi connectivity index (χ3n) is 3.28. The Labute approximate surface area is 108 Å². The molecule has 1 aromatic heterocycles. The van der Waals surface area contributed by atoms with Gasteiger partial charge in [0.2, 0.25) is 5.28 Å². The molecule has 0 spiro atoms. The first-order valence-electron chi connectivity index (χ1n) is 6.52. The second-order valence-electron chi connectivity index (χ2n) is 4.85. The lowest BCUT2D eigenvalue weighted by atomic mass is 9.97. The highest BCUT2D eigenvalue weighted by molar-refractivity contribution is 6.28. The van der Waals surface area contributed by atoms with Crippen molar-refractivity contribution in [1.29, 1.82) is 0 Å². The topological polar surface area (TPSA) is 37.8 Å². The second kappa shape index (κ2) is 6.20. The minimum absolute atomic E-state index is 0.332. The van der Waals surface area contributed by atoms with E-state index in [1.165, 1.54) is 44.9 Å². The zero-order valence-corrected chi connectivity index (χ0v) is 11.1. The fourth-order valence-electron chi connectivity index (χ4n) is 2.42. The molecule has 1 N–H and O–H groups in total. The van der Waals surface area contributed by atoms with Gasteiger partial charge in [-0.05, 0) is 31.4 Å². The number of aromatic nitrogens is 2. The van der Waals surface area contributed by atoms with Gasteiger partial charge in [-0.3, -0.25) is 0 Å². The van der Waals surface area contributed by atoms with Crippen LogP contribution in [0.15, 0.2) is 6.07 Å². The van der Waals surface area contributed by atoms with Crippen LogP contribution in [0.4, 0.5) is 5.82 Å². The van der Waals surface area contributed by atoms with Gasteiger partial charge in [0.15, 0.2) is 0 Å². The Hall–Kier alpha value is -0.830. The number of rotatable bonds is 2. The Morgan fingerprint density at radius 2 is 1.76 bits per heavy atom. The fourth-order valence-corrected chi connectivity index (χ4v) is 2.64. The first-order chi connectivity index (χ1) is 8.24. The van der Waals surface area contributed by atoms with E-state index >= 15 is 0 Å². The van der Waals surface area contributed by atoms with E-state index in [9.17, 15) is 0 Å². The predicted octanol–water partition coefficient (Wildman–Crippen LogP) is 3.96. The third-order valence-corrected chi connectivity index (χ3v) is 3.45. The van der Waals surface area contributed by atoms with E-state index in [2.05, 4.69) is 15.3 Å². The largest absolute Gasteiger partial charge is 0.367 e. The van der Waals surface area contributed by atoms with Crippen LogP contribution in [0.5, 0.6) is 0 Å². The van der Waals surface area contributed by atoms with Gasteiger partial charge in [0.25, 0.3) is 0 Å². The predicted molar refractivity (Wildman–Crippen MR) is 71.5 cm³/mol. The molecule has 1 fully saturated rings. The first kappa shape index (κ1) is 12.6. The van der Waals surface area contributed by atoms with Crippen LogP contribution in [0.25, 0.3) is 0 Å². The van der Waals surface area contributed by atoms with Crippen LogP contribution < -0.4 is 5.32 Å². The third kappa shape index (κ3) is 4.15. The van der Waals surface area contributed by atoms with Crippen molar-refractivity contribution in [2.75, 3.05) is 5.32 Å². The summed E-state index contributed by atoms with van der Waals surface area (Å²) in [5, 5.41) is 3.83. The highest BCUT2D eigenvalue weighted by Crippen LogP contribution is 2.20. The molecule has 17 heavy (non-hydrogen) atoms. The summed E-state index contributed by atoms with van der Waals surface area (Å²) >= 11 is 5.86. The number of anilines is 1. The summed E-state index contributed by atoms with van der Waals surface area (Å²) in [4.78, 5) is 8.30. The molecule has 1 saturated carbocycles. The fraction of sp³-hybridized carbons (Fsp3) is 0.692. The summed E-state index contributed by atoms with van der Waals surface area (Å²) in [7, 11) is 0. The summed E-state index contributed by atoms with van der Waals surface area (Å²) in [6, 6.07) is 2.51. The Kier molecular flexibility index (Phi) is 4.60. The van der Waals surface area contributed by atoms with Crippen molar-refractivity contribution in [1.82, 2.24) is 9.97 Å². The van der Waals surface area contributed by atoms with Crippen molar-refractivity contribution in [3.05, 3.63) is 17.0 Å². The summed E-state index contributed by atoms with van der Waals surface area (Å²) in [5.41, 5.74) is 0.915. The van der Waals surface area contributed by atoms with E-state index in [0.717, 1.165) is 11.5 Å². The summed E-state index contributed by atoms with van der Waals surface area (Å²) < 4.78 is 0. The Balaban J connectivity index is 1.97. The van der Waals surface area contributed by atoms with E-state index in [1.807, 2.05) is 13.0 Å². The first-order valence-corrected chi connectivity index (χ1v) is 6.89. The Morgan fingerprint density at radius 3 is 2.41 bits per heavy atom. The maximum atomic E-state index is 5.86. The molecule has 0 radical (unpaired) electrons. The molecule has 2 rings (SSSR count). The van der Waals surface area contributed by atoms with Crippen molar-refractivity contribution in [2.45, 2.75) is 57.9 Å². The molecule has 0 atom stereocenters. The van der Waals surface area contributed by atoms with Crippen LogP contribution in [0.1, 0.15) is 50.6 Å². The molecular weight excluding hydrogens is 234 g/mol. The molecule has 0 amide bonds. The maximum Gasteiger partial charge on any atom is 0.224 e. The van der Waals surface area contributed by atoms with E-state index in [1.54, 1.807) is 0 Å². The van der Waals surface area contributed by atoms with Gasteiger partial charge < -0.3 is 5.32 Å². The molecule has 0 unspecified atom stereocenters. The van der Waals surface area contributed by atoms with Gasteiger partial charge in [-0.25, -0.2) is 9.97 Å². The summed E-state index contributed by atoms with van der Waals surface area (Å²) in [6.07, 6.45) is 9.22. The van der Waals surface area contributed by atoms with E-state index in [-0.39, 0.29) is 0 Å². The van der Waals surface area contributed by atoms with Crippen molar-refractivity contribution < 1.29 is 0 Å². The van der Waals surface area contributed by atoms with Crippen LogP contribution in [-0.4, -0.2) is 16.0 Å². The molecule has 1 aliphatic rings. The maximum absolute atomic E-state index is 5.86. The van der Waals surface area contributed by atoms with Gasteiger partial charge in [0.05, 0.1) is 0 Å². The van der Waals surface area contributed by atoms with Crippen LogP contribution in [0, 0.1) is 6.92 Å². The van der Waals surface area contributed by atoms with Crippen molar-refractivity contribution in [3.8, 4) is 0 Å². The number of aryl methyl sites for hydroxylation is 1. The lowest BCUT2D eigenvalue weighted by Gasteiger charge is -2.21. The molecule has 0 aliphatic heterocycles. The Morgan fingerprint density at radius 1 is 1.12 bits per heavy atom. The molecule has 0 bridgehead atoms. The van der Waals surface area contributed by atoms with Gasteiger partial charge in [-0.15, -0.1) is 0 Å². The van der Waals surface area contributed by atoms with Crippen molar-refractivity contribution >= 4 is 17.4 Å². The molecule has 0 aromatic carbocycles. The number of hydrogen-bond donors (Lipinski definition) is 1. The van der Waals surface area contributed by atoms with Crippen LogP contribution in [0.3, 0.4) is 0 Å². The van der Waals surface area contributed by atoms with E-state index < -0.39 is 0 Å². The Bertz CT molecular complexity index is 339. The number of hydrogen-bond acceptors (Lipinski definition) is 3. The van der Waals surface area contributed by atoms with Gasteiger partial charge in [-0.1, -0.05) is 32.1 Å². The SMILES string of the molecule is Cc1cc(NC2CCCCCCC2)nc(Cl)n1. The van der Waals surface area contributed by atoms with Crippen molar-refractivity contribution in [3.63, 3.8) is 0 Å². The van der Waals surface area contributed by atoms with Crippen LogP contribution in [0.2, 0.25) is 5.28 Å². The smallest absolute Gasteiger partial charge is 0.224 e. The highest BCUT2D eigenvalue weighted by atomic mass is 35.5. The zero-order chi connectivity index (χ0) is 12.1.